The van der Waals surface area contributed by atoms with Crippen LogP contribution >= 0.6 is 0 Å². The Morgan fingerprint density at radius 2 is 2.12 bits per heavy atom. The molecule has 0 radical (unpaired) electrons. The van der Waals surface area contributed by atoms with E-state index in [0.717, 1.165) is 30.5 Å². The molecule has 0 unspecified atom stereocenters. The van der Waals surface area contributed by atoms with Gasteiger partial charge in [0.15, 0.2) is 0 Å². The fraction of sp³-hybridized carbons (Fsp3) is 0.389. The van der Waals surface area contributed by atoms with Crippen LogP contribution in [0.3, 0.4) is 0 Å². The lowest BCUT2D eigenvalue weighted by molar-refractivity contribution is 0.208. The van der Waals surface area contributed by atoms with E-state index in [4.69, 9.17) is 4.42 Å². The average Bonchev–Trinajstić information content (AvgIpc) is 3.22. The summed E-state index contributed by atoms with van der Waals surface area (Å²) in [6.45, 7) is 4.58. The van der Waals surface area contributed by atoms with Crippen LogP contribution in [0.5, 0.6) is 0 Å². The van der Waals surface area contributed by atoms with Crippen molar-refractivity contribution in [3.8, 4) is 11.5 Å². The first kappa shape index (κ1) is 16.2. The van der Waals surface area contributed by atoms with Gasteiger partial charge in [0.05, 0.1) is 6.04 Å². The Morgan fingerprint density at radius 1 is 1.33 bits per heavy atom. The lowest BCUT2D eigenvalue weighted by Crippen LogP contribution is -2.39. The molecule has 0 bridgehead atoms. The van der Waals surface area contributed by atoms with Gasteiger partial charge in [-0.05, 0) is 30.7 Å². The molecule has 0 fully saturated rings. The summed E-state index contributed by atoms with van der Waals surface area (Å²) in [6, 6.07) is 7.54. The summed E-state index contributed by atoms with van der Waals surface area (Å²) in [5.41, 5.74) is 1.58. The molecule has 1 aromatic carbocycles. The lowest BCUT2D eigenvalue weighted by atomic mass is 10.1. The number of urea groups is 1. The summed E-state index contributed by atoms with van der Waals surface area (Å²) in [7, 11) is 0. The van der Waals surface area contributed by atoms with Crippen molar-refractivity contribution in [1.82, 2.24) is 15.1 Å². The van der Waals surface area contributed by atoms with Gasteiger partial charge in [0.1, 0.15) is 0 Å². The van der Waals surface area contributed by atoms with Gasteiger partial charge in [-0.2, -0.15) is 0 Å². The zero-order valence-corrected chi connectivity index (χ0v) is 14.0. The predicted octanol–water partition coefficient (Wildman–Crippen LogP) is 4.01. The second-order valence-electron chi connectivity index (χ2n) is 5.92. The van der Waals surface area contributed by atoms with Crippen molar-refractivity contribution < 1.29 is 9.21 Å². The Labute approximate surface area is 141 Å². The molecule has 1 aliphatic heterocycles. The maximum Gasteiger partial charge on any atom is 0.322 e. The van der Waals surface area contributed by atoms with Gasteiger partial charge in [-0.15, -0.1) is 10.2 Å². The van der Waals surface area contributed by atoms with E-state index in [0.29, 0.717) is 18.3 Å². The number of unbranched alkanes of at least 4 members (excludes halogenated alkanes) is 1. The number of nitrogens with one attached hydrogen (secondary N) is 1. The molecule has 2 aromatic rings. The van der Waals surface area contributed by atoms with E-state index in [1.165, 1.54) is 0 Å². The Morgan fingerprint density at radius 3 is 2.79 bits per heavy atom. The Balaban J connectivity index is 1.62. The molecule has 2 amide bonds. The van der Waals surface area contributed by atoms with Crippen LogP contribution < -0.4 is 5.32 Å². The van der Waals surface area contributed by atoms with Crippen molar-refractivity contribution in [1.29, 1.82) is 0 Å². The van der Waals surface area contributed by atoms with Crippen molar-refractivity contribution >= 4 is 11.7 Å². The van der Waals surface area contributed by atoms with Gasteiger partial charge in [0.25, 0.3) is 0 Å². The van der Waals surface area contributed by atoms with E-state index < -0.39 is 0 Å². The maximum absolute atomic E-state index is 12.5. The smallest absolute Gasteiger partial charge is 0.322 e. The molecule has 1 atom stereocenters. The SMILES string of the molecule is CCCC[C@H]1C=CCN1C(=O)Nc1ccc(-c2nnc(C)o2)cc1. The van der Waals surface area contributed by atoms with Crippen molar-refractivity contribution in [2.24, 2.45) is 0 Å². The summed E-state index contributed by atoms with van der Waals surface area (Å²) < 4.78 is 5.40. The number of nitrogens with zero attached hydrogens (tertiary/aromatic N) is 3. The third kappa shape index (κ3) is 3.64. The van der Waals surface area contributed by atoms with Crippen LogP contribution in [-0.2, 0) is 0 Å². The zero-order chi connectivity index (χ0) is 16.9. The van der Waals surface area contributed by atoms with Gasteiger partial charge in [-0.1, -0.05) is 31.9 Å². The van der Waals surface area contributed by atoms with Gasteiger partial charge in [-0.25, -0.2) is 4.79 Å². The highest BCUT2D eigenvalue weighted by atomic mass is 16.4. The van der Waals surface area contributed by atoms with Gasteiger partial charge < -0.3 is 14.6 Å². The second kappa shape index (κ2) is 7.29. The summed E-state index contributed by atoms with van der Waals surface area (Å²) in [4.78, 5) is 14.3. The maximum atomic E-state index is 12.5. The minimum Gasteiger partial charge on any atom is -0.421 e. The molecule has 0 saturated carbocycles. The lowest BCUT2D eigenvalue weighted by Gasteiger charge is -2.24. The van der Waals surface area contributed by atoms with E-state index >= 15 is 0 Å². The standard InChI is InChI=1S/C18H22N4O2/c1-3-4-6-16-7-5-12-22(16)18(23)19-15-10-8-14(9-11-15)17-21-20-13(2)24-17/h5,7-11,16H,3-4,6,12H2,1-2H3,(H,19,23)/t16-/m0/s1. The molecule has 3 rings (SSSR count). The fourth-order valence-electron chi connectivity index (χ4n) is 2.77. The van der Waals surface area contributed by atoms with Gasteiger partial charge in [0.2, 0.25) is 11.8 Å². The first-order valence-corrected chi connectivity index (χ1v) is 8.32. The highest BCUT2D eigenvalue weighted by molar-refractivity contribution is 5.90. The minimum absolute atomic E-state index is 0.0671. The Hall–Kier alpha value is -2.63. The second-order valence-corrected chi connectivity index (χ2v) is 5.92. The van der Waals surface area contributed by atoms with E-state index in [1.54, 1.807) is 6.92 Å². The van der Waals surface area contributed by atoms with E-state index in [9.17, 15) is 4.79 Å². The van der Waals surface area contributed by atoms with Crippen molar-refractivity contribution in [3.63, 3.8) is 0 Å². The van der Waals surface area contributed by atoms with Crippen LogP contribution in [0.25, 0.3) is 11.5 Å². The van der Waals surface area contributed by atoms with Crippen molar-refractivity contribution in [2.45, 2.75) is 39.2 Å². The Bertz CT molecular complexity index is 721. The van der Waals surface area contributed by atoms with E-state index in [2.05, 4.69) is 34.6 Å². The number of hydrogen-bond donors (Lipinski definition) is 1. The van der Waals surface area contributed by atoms with Crippen LogP contribution in [0.15, 0.2) is 40.8 Å². The predicted molar refractivity (Wildman–Crippen MR) is 92.6 cm³/mol. The minimum atomic E-state index is -0.0671. The van der Waals surface area contributed by atoms with Crippen LogP contribution in [0, 0.1) is 6.92 Å². The highest BCUT2D eigenvalue weighted by Gasteiger charge is 2.24. The van der Waals surface area contributed by atoms with Crippen LogP contribution in [0.4, 0.5) is 10.5 Å². The number of aryl methyl sites for hydroxylation is 1. The van der Waals surface area contributed by atoms with Crippen molar-refractivity contribution in [3.05, 3.63) is 42.3 Å². The summed E-state index contributed by atoms with van der Waals surface area (Å²) in [5, 5.41) is 10.8. The molecule has 1 aliphatic rings. The van der Waals surface area contributed by atoms with Crippen LogP contribution in [0.2, 0.25) is 0 Å². The molecule has 126 valence electrons. The number of benzene rings is 1. The fourth-order valence-corrected chi connectivity index (χ4v) is 2.77. The molecule has 24 heavy (non-hydrogen) atoms. The largest absolute Gasteiger partial charge is 0.421 e. The van der Waals surface area contributed by atoms with Gasteiger partial charge in [0, 0.05) is 24.7 Å². The number of hydrogen-bond acceptors (Lipinski definition) is 4. The molecule has 0 spiro atoms. The number of amides is 2. The molecular weight excluding hydrogens is 304 g/mol. The van der Waals surface area contributed by atoms with Crippen LogP contribution in [-0.4, -0.2) is 33.7 Å². The summed E-state index contributed by atoms with van der Waals surface area (Å²) in [6.07, 6.45) is 7.44. The monoisotopic (exact) mass is 326 g/mol. The molecule has 1 aromatic heterocycles. The number of aromatic nitrogens is 2. The molecule has 0 aliphatic carbocycles. The molecule has 1 N–H and O–H groups in total. The third-order valence-electron chi connectivity index (χ3n) is 4.08. The Kier molecular flexibility index (Phi) is 4.93. The topological polar surface area (TPSA) is 71.3 Å². The molecule has 0 saturated heterocycles. The zero-order valence-electron chi connectivity index (χ0n) is 14.0. The molecule has 2 heterocycles. The van der Waals surface area contributed by atoms with Gasteiger partial charge in [-0.3, -0.25) is 0 Å². The molecule has 6 heteroatoms. The number of carbonyl (C=O) groups is 1. The highest BCUT2D eigenvalue weighted by Crippen LogP contribution is 2.21. The average molecular weight is 326 g/mol. The first-order chi connectivity index (χ1) is 11.7. The third-order valence-corrected chi connectivity index (χ3v) is 4.08. The molecule has 6 nitrogen and oxygen atoms in total. The number of carbonyl (C=O) groups excluding carboxylic acids is 1. The number of rotatable bonds is 5. The van der Waals surface area contributed by atoms with Gasteiger partial charge >= 0.3 is 6.03 Å². The first-order valence-electron chi connectivity index (χ1n) is 8.32. The summed E-state index contributed by atoms with van der Waals surface area (Å²) >= 11 is 0. The molecular formula is C18H22N4O2. The normalized spacial score (nSPS) is 16.6. The van der Waals surface area contributed by atoms with E-state index in [1.807, 2.05) is 29.2 Å². The quantitative estimate of drug-likeness (QED) is 0.843. The van der Waals surface area contributed by atoms with E-state index in [-0.39, 0.29) is 12.1 Å². The number of anilines is 1. The summed E-state index contributed by atoms with van der Waals surface area (Å²) in [5.74, 6) is 1.01. The van der Waals surface area contributed by atoms with Crippen LogP contribution in [0.1, 0.15) is 32.1 Å². The van der Waals surface area contributed by atoms with Crippen molar-refractivity contribution in [2.75, 3.05) is 11.9 Å².